The number of benzene rings is 1. The molecular weight excluding hydrogens is 330 g/mol. The molecule has 0 aliphatic carbocycles. The summed E-state index contributed by atoms with van der Waals surface area (Å²) in [7, 11) is -1.51. The van der Waals surface area contributed by atoms with Gasteiger partial charge in [-0.3, -0.25) is 4.99 Å². The topological polar surface area (TPSA) is 70.6 Å². The smallest absolute Gasteiger partial charge is 0.191 e. The lowest BCUT2D eigenvalue weighted by atomic mass is 10.3. The third-order valence-corrected chi connectivity index (χ3v) is 5.80. The van der Waals surface area contributed by atoms with Crippen LogP contribution in [0.4, 0.5) is 0 Å². The van der Waals surface area contributed by atoms with Crippen LogP contribution in [-0.4, -0.2) is 33.7 Å². The van der Waals surface area contributed by atoms with Gasteiger partial charge in [0, 0.05) is 20.1 Å². The Balaban J connectivity index is 1.73. The van der Waals surface area contributed by atoms with Crippen LogP contribution in [0.1, 0.15) is 12.0 Å². The first-order valence-corrected chi connectivity index (χ1v) is 9.95. The molecule has 0 radical (unpaired) electrons. The number of sulfone groups is 1. The molecular formula is C16H21N3O2S2. The lowest BCUT2D eigenvalue weighted by Crippen LogP contribution is -2.37. The van der Waals surface area contributed by atoms with Gasteiger partial charge < -0.3 is 10.6 Å². The van der Waals surface area contributed by atoms with Gasteiger partial charge in [-0.25, -0.2) is 8.42 Å². The maximum atomic E-state index is 12.2. The summed E-state index contributed by atoms with van der Waals surface area (Å²) in [4.78, 5) is 4.50. The lowest BCUT2D eigenvalue weighted by molar-refractivity contribution is 0.592. The molecule has 0 unspecified atom stereocenters. The fraction of sp³-hybridized carbons (Fsp3) is 0.312. The number of nitrogens with one attached hydrogen (secondary N) is 2. The van der Waals surface area contributed by atoms with Gasteiger partial charge >= 0.3 is 0 Å². The van der Waals surface area contributed by atoms with Crippen LogP contribution in [0.3, 0.4) is 0 Å². The standard InChI is InChI=1S/C16H21N3O2S2/c1-17-16(19-12-14-8-10-22-13-14)18-9-5-11-23(20,21)15-6-3-2-4-7-15/h2-4,6-8,10,13H,5,9,11-12H2,1H3,(H2,17,18,19). The molecule has 0 saturated carbocycles. The quantitative estimate of drug-likeness (QED) is 0.456. The van der Waals surface area contributed by atoms with Crippen molar-refractivity contribution < 1.29 is 8.42 Å². The van der Waals surface area contributed by atoms with Crippen molar-refractivity contribution in [3.63, 3.8) is 0 Å². The minimum atomic E-state index is -3.21. The molecule has 0 amide bonds. The maximum absolute atomic E-state index is 12.2. The van der Waals surface area contributed by atoms with Crippen molar-refractivity contribution >= 4 is 27.1 Å². The van der Waals surface area contributed by atoms with E-state index in [1.54, 1.807) is 42.6 Å². The summed E-state index contributed by atoms with van der Waals surface area (Å²) in [5, 5.41) is 10.4. The Bertz CT molecular complexity index is 711. The monoisotopic (exact) mass is 351 g/mol. The van der Waals surface area contributed by atoms with Crippen LogP contribution >= 0.6 is 11.3 Å². The van der Waals surface area contributed by atoms with E-state index in [0.717, 1.165) is 0 Å². The molecule has 2 N–H and O–H groups in total. The molecule has 7 heteroatoms. The molecule has 0 atom stereocenters. The molecule has 1 heterocycles. The van der Waals surface area contributed by atoms with Gasteiger partial charge in [0.25, 0.3) is 0 Å². The Morgan fingerprint density at radius 2 is 1.96 bits per heavy atom. The summed E-state index contributed by atoms with van der Waals surface area (Å²) in [6.07, 6.45) is 0.524. The fourth-order valence-electron chi connectivity index (χ4n) is 2.01. The van der Waals surface area contributed by atoms with E-state index in [2.05, 4.69) is 27.1 Å². The van der Waals surface area contributed by atoms with E-state index in [4.69, 9.17) is 0 Å². The third kappa shape index (κ3) is 5.69. The van der Waals surface area contributed by atoms with Gasteiger partial charge in [-0.15, -0.1) is 0 Å². The van der Waals surface area contributed by atoms with Crippen molar-refractivity contribution in [3.05, 3.63) is 52.7 Å². The largest absolute Gasteiger partial charge is 0.356 e. The highest BCUT2D eigenvalue weighted by Gasteiger charge is 2.13. The molecule has 0 fully saturated rings. The summed E-state index contributed by atoms with van der Waals surface area (Å²) in [6, 6.07) is 10.6. The number of rotatable bonds is 7. The molecule has 0 aliphatic rings. The number of nitrogens with zero attached hydrogens (tertiary/aromatic N) is 1. The van der Waals surface area contributed by atoms with Crippen molar-refractivity contribution in [2.75, 3.05) is 19.3 Å². The Hall–Kier alpha value is -1.86. The molecule has 0 aliphatic heterocycles. The summed E-state index contributed by atoms with van der Waals surface area (Å²) >= 11 is 1.65. The SMILES string of the molecule is CN=C(NCCCS(=O)(=O)c1ccccc1)NCc1ccsc1. The molecule has 23 heavy (non-hydrogen) atoms. The van der Waals surface area contributed by atoms with Gasteiger partial charge in [-0.2, -0.15) is 11.3 Å². The zero-order valence-electron chi connectivity index (χ0n) is 13.0. The van der Waals surface area contributed by atoms with E-state index < -0.39 is 9.84 Å². The zero-order chi connectivity index (χ0) is 16.5. The first-order valence-electron chi connectivity index (χ1n) is 7.35. The number of hydrogen-bond donors (Lipinski definition) is 2. The van der Waals surface area contributed by atoms with E-state index in [1.807, 2.05) is 11.4 Å². The second kappa shape index (κ2) is 8.69. The van der Waals surface area contributed by atoms with E-state index in [9.17, 15) is 8.42 Å². The third-order valence-electron chi connectivity index (χ3n) is 3.25. The minimum absolute atomic E-state index is 0.117. The number of guanidine groups is 1. The van der Waals surface area contributed by atoms with Crippen LogP contribution in [-0.2, 0) is 16.4 Å². The van der Waals surface area contributed by atoms with Gasteiger partial charge in [0.2, 0.25) is 0 Å². The van der Waals surface area contributed by atoms with Crippen LogP contribution < -0.4 is 10.6 Å². The summed E-state index contributed by atoms with van der Waals surface area (Å²) < 4.78 is 24.3. The summed E-state index contributed by atoms with van der Waals surface area (Å²) in [5.41, 5.74) is 1.20. The van der Waals surface area contributed by atoms with Crippen LogP contribution in [0.15, 0.2) is 57.0 Å². The number of thiophene rings is 1. The van der Waals surface area contributed by atoms with E-state index >= 15 is 0 Å². The van der Waals surface area contributed by atoms with Gasteiger partial charge in [-0.05, 0) is 40.9 Å². The molecule has 2 aromatic rings. The van der Waals surface area contributed by atoms with Crippen LogP contribution in [0.25, 0.3) is 0 Å². The molecule has 0 bridgehead atoms. The van der Waals surface area contributed by atoms with Crippen molar-refractivity contribution in [1.29, 1.82) is 0 Å². The first-order chi connectivity index (χ1) is 11.1. The van der Waals surface area contributed by atoms with Gasteiger partial charge in [0.15, 0.2) is 15.8 Å². The normalized spacial score (nSPS) is 12.1. The second-order valence-corrected chi connectivity index (χ2v) is 7.86. The van der Waals surface area contributed by atoms with Crippen LogP contribution in [0, 0.1) is 0 Å². The Morgan fingerprint density at radius 1 is 1.17 bits per heavy atom. The Kier molecular flexibility index (Phi) is 6.61. The molecule has 0 saturated heterocycles. The molecule has 2 rings (SSSR count). The van der Waals surface area contributed by atoms with E-state index in [0.29, 0.717) is 30.4 Å². The molecule has 124 valence electrons. The van der Waals surface area contributed by atoms with E-state index in [1.165, 1.54) is 5.56 Å². The van der Waals surface area contributed by atoms with Crippen molar-refractivity contribution in [1.82, 2.24) is 10.6 Å². The number of hydrogen-bond acceptors (Lipinski definition) is 4. The average Bonchev–Trinajstić information content (AvgIpc) is 3.08. The Morgan fingerprint density at radius 3 is 2.61 bits per heavy atom. The van der Waals surface area contributed by atoms with Crippen molar-refractivity contribution in [2.45, 2.75) is 17.9 Å². The fourth-order valence-corrected chi connectivity index (χ4v) is 4.01. The van der Waals surface area contributed by atoms with E-state index in [-0.39, 0.29) is 5.75 Å². The Labute approximate surface area is 141 Å². The summed E-state index contributed by atoms with van der Waals surface area (Å²) in [6.45, 7) is 1.25. The molecule has 1 aromatic heterocycles. The maximum Gasteiger partial charge on any atom is 0.191 e. The van der Waals surface area contributed by atoms with Crippen molar-refractivity contribution in [2.24, 2.45) is 4.99 Å². The van der Waals surface area contributed by atoms with Gasteiger partial charge in [0.1, 0.15) is 0 Å². The summed E-state index contributed by atoms with van der Waals surface area (Å²) in [5.74, 6) is 0.791. The van der Waals surface area contributed by atoms with Crippen LogP contribution in [0.5, 0.6) is 0 Å². The lowest BCUT2D eigenvalue weighted by Gasteiger charge is -2.11. The average molecular weight is 351 g/mol. The highest BCUT2D eigenvalue weighted by molar-refractivity contribution is 7.91. The predicted octanol–water partition coefficient (Wildman–Crippen LogP) is 2.28. The molecule has 1 aromatic carbocycles. The molecule has 5 nitrogen and oxygen atoms in total. The molecule has 0 spiro atoms. The highest BCUT2D eigenvalue weighted by atomic mass is 32.2. The van der Waals surface area contributed by atoms with Gasteiger partial charge in [0.05, 0.1) is 10.6 Å². The van der Waals surface area contributed by atoms with Crippen molar-refractivity contribution in [3.8, 4) is 0 Å². The zero-order valence-corrected chi connectivity index (χ0v) is 14.7. The first kappa shape index (κ1) is 17.5. The van der Waals surface area contributed by atoms with Gasteiger partial charge in [-0.1, -0.05) is 18.2 Å². The van der Waals surface area contributed by atoms with Crippen LogP contribution in [0.2, 0.25) is 0 Å². The highest BCUT2D eigenvalue weighted by Crippen LogP contribution is 2.10. The predicted molar refractivity (Wildman–Crippen MR) is 95.6 cm³/mol. The number of aliphatic imine (C=N–C) groups is 1. The second-order valence-electron chi connectivity index (χ2n) is 4.97. The minimum Gasteiger partial charge on any atom is -0.356 e.